The maximum Gasteiger partial charge on any atom is 0.242 e. The molecule has 0 radical (unpaired) electrons. The number of carbonyl (C=O) groups is 1. The summed E-state index contributed by atoms with van der Waals surface area (Å²) in [5.41, 5.74) is 5.14. The molecule has 0 aromatic heterocycles. The van der Waals surface area contributed by atoms with Crippen LogP contribution in [0.25, 0.3) is 0 Å². The monoisotopic (exact) mass is 312 g/mol. The van der Waals surface area contributed by atoms with Gasteiger partial charge in [-0.1, -0.05) is 13.3 Å². The minimum absolute atomic E-state index is 0. The molecule has 5 nitrogen and oxygen atoms in total. The van der Waals surface area contributed by atoms with E-state index >= 15 is 0 Å². The average Bonchev–Trinajstić information content (AvgIpc) is 2.25. The summed E-state index contributed by atoms with van der Waals surface area (Å²) in [6, 6.07) is -0.309. The molecule has 1 aliphatic rings. The highest BCUT2D eigenvalue weighted by Crippen LogP contribution is 2.23. The zero-order valence-corrected chi connectivity index (χ0v) is 13.7. The Morgan fingerprint density at radius 1 is 1.42 bits per heavy atom. The van der Waals surface area contributed by atoms with Crippen molar-refractivity contribution in [2.24, 2.45) is 5.73 Å². The molecule has 1 heterocycles. The van der Waals surface area contributed by atoms with Crippen LogP contribution in [0.5, 0.6) is 0 Å². The number of amides is 1. The second kappa shape index (κ2) is 6.41. The minimum Gasteiger partial charge on any atom is -0.336 e. The first-order valence-corrected chi connectivity index (χ1v) is 8.16. The molecule has 7 heteroatoms. The highest BCUT2D eigenvalue weighted by Gasteiger charge is 2.42. The predicted molar refractivity (Wildman–Crippen MR) is 79.2 cm³/mol. The molecule has 1 saturated heterocycles. The maximum absolute atomic E-state index is 12.4. The lowest BCUT2D eigenvalue weighted by Crippen LogP contribution is -2.61. The van der Waals surface area contributed by atoms with E-state index in [0.717, 1.165) is 6.42 Å². The van der Waals surface area contributed by atoms with Crippen LogP contribution in [-0.2, 0) is 14.6 Å². The summed E-state index contributed by atoms with van der Waals surface area (Å²) in [6.07, 6.45) is 1.44. The highest BCUT2D eigenvalue weighted by molar-refractivity contribution is 7.92. The lowest BCUT2D eigenvalue weighted by atomic mass is 9.94. The molecule has 1 amide bonds. The zero-order chi connectivity index (χ0) is 14.1. The molecular weight excluding hydrogens is 288 g/mol. The van der Waals surface area contributed by atoms with Gasteiger partial charge in [-0.3, -0.25) is 4.79 Å². The molecule has 1 aliphatic heterocycles. The van der Waals surface area contributed by atoms with Crippen molar-refractivity contribution in [2.45, 2.75) is 57.4 Å². The summed E-state index contributed by atoms with van der Waals surface area (Å²) in [5.74, 6) is -0.106. The normalized spacial score (nSPS) is 29.2. The van der Waals surface area contributed by atoms with Crippen molar-refractivity contribution < 1.29 is 13.2 Å². The van der Waals surface area contributed by atoms with Crippen molar-refractivity contribution >= 4 is 28.2 Å². The van der Waals surface area contributed by atoms with Gasteiger partial charge in [-0.2, -0.15) is 0 Å². The van der Waals surface area contributed by atoms with Crippen molar-refractivity contribution in [3.8, 4) is 0 Å². The molecule has 114 valence electrons. The van der Waals surface area contributed by atoms with E-state index in [1.165, 1.54) is 0 Å². The fraction of sp³-hybridized carbons (Fsp3) is 0.917. The molecule has 19 heavy (non-hydrogen) atoms. The minimum atomic E-state index is -3.07. The lowest BCUT2D eigenvalue weighted by molar-refractivity contribution is -0.138. The zero-order valence-electron chi connectivity index (χ0n) is 12.0. The number of carbonyl (C=O) groups excluding carboxylic acids is 1. The van der Waals surface area contributed by atoms with Gasteiger partial charge in [0, 0.05) is 12.6 Å². The first-order valence-electron chi connectivity index (χ1n) is 6.45. The summed E-state index contributed by atoms with van der Waals surface area (Å²) in [7, 11) is -3.07. The Labute approximate surface area is 122 Å². The number of hydrogen-bond donors (Lipinski definition) is 1. The second-order valence-corrected chi connectivity index (χ2v) is 7.96. The van der Waals surface area contributed by atoms with E-state index in [2.05, 4.69) is 0 Å². The van der Waals surface area contributed by atoms with Crippen molar-refractivity contribution in [3.05, 3.63) is 0 Å². The first kappa shape index (κ1) is 18.7. The Morgan fingerprint density at radius 2 is 1.95 bits per heavy atom. The van der Waals surface area contributed by atoms with Gasteiger partial charge in [0.2, 0.25) is 5.91 Å². The first-order chi connectivity index (χ1) is 8.13. The summed E-state index contributed by atoms with van der Waals surface area (Å²) in [4.78, 5) is 14.0. The maximum atomic E-state index is 12.4. The molecule has 2 N–H and O–H groups in total. The summed E-state index contributed by atoms with van der Waals surface area (Å²) >= 11 is 0. The Bertz CT molecular complexity index is 423. The standard InChI is InChI=1S/C12H24N2O3S.ClH/c1-5-6-12(4,13)11(15)14-7-8-18(16,17)10(3)9(14)2;/h9-10H,5-8,13H2,1-4H3;1H. The third-order valence-corrected chi connectivity index (χ3v) is 6.15. The number of halogens is 1. The van der Waals surface area contributed by atoms with Crippen molar-refractivity contribution in [1.82, 2.24) is 4.90 Å². The third-order valence-electron chi connectivity index (χ3n) is 3.87. The van der Waals surface area contributed by atoms with Crippen LogP contribution < -0.4 is 5.73 Å². The lowest BCUT2D eigenvalue weighted by Gasteiger charge is -2.41. The second-order valence-electron chi connectivity index (χ2n) is 5.48. The topological polar surface area (TPSA) is 80.5 Å². The van der Waals surface area contributed by atoms with Gasteiger partial charge in [0.1, 0.15) is 0 Å². The van der Waals surface area contributed by atoms with Crippen LogP contribution in [0, 0.1) is 0 Å². The van der Waals surface area contributed by atoms with Gasteiger partial charge in [-0.05, 0) is 27.2 Å². The molecular formula is C12H25ClN2O3S. The van der Waals surface area contributed by atoms with E-state index in [0.29, 0.717) is 6.42 Å². The number of nitrogens with zero attached hydrogens (tertiary/aromatic N) is 1. The van der Waals surface area contributed by atoms with Gasteiger partial charge < -0.3 is 10.6 Å². The van der Waals surface area contributed by atoms with E-state index in [1.807, 2.05) is 6.92 Å². The molecule has 0 bridgehead atoms. The molecule has 0 spiro atoms. The van der Waals surface area contributed by atoms with Crippen LogP contribution in [0.15, 0.2) is 0 Å². The number of rotatable bonds is 3. The Hall–Kier alpha value is -0.330. The van der Waals surface area contributed by atoms with Gasteiger partial charge in [0.25, 0.3) is 0 Å². The van der Waals surface area contributed by atoms with Crippen LogP contribution in [0.2, 0.25) is 0 Å². The van der Waals surface area contributed by atoms with Gasteiger partial charge in [-0.15, -0.1) is 12.4 Å². The summed E-state index contributed by atoms with van der Waals surface area (Å²) in [6.45, 7) is 7.39. The molecule has 3 unspecified atom stereocenters. The van der Waals surface area contributed by atoms with Crippen LogP contribution in [0.1, 0.15) is 40.5 Å². The van der Waals surface area contributed by atoms with E-state index < -0.39 is 20.6 Å². The Balaban J connectivity index is 0.00000324. The van der Waals surface area contributed by atoms with Crippen LogP contribution >= 0.6 is 12.4 Å². The number of nitrogens with two attached hydrogens (primary N) is 1. The van der Waals surface area contributed by atoms with E-state index in [-0.39, 0.29) is 36.7 Å². The molecule has 1 rings (SSSR count). The van der Waals surface area contributed by atoms with Crippen molar-refractivity contribution in [3.63, 3.8) is 0 Å². The smallest absolute Gasteiger partial charge is 0.242 e. The summed E-state index contributed by atoms with van der Waals surface area (Å²) in [5, 5.41) is -0.521. The van der Waals surface area contributed by atoms with Crippen molar-refractivity contribution in [1.29, 1.82) is 0 Å². The van der Waals surface area contributed by atoms with Gasteiger partial charge in [0.05, 0.1) is 16.5 Å². The largest absolute Gasteiger partial charge is 0.336 e. The Kier molecular flexibility index (Phi) is 6.30. The van der Waals surface area contributed by atoms with E-state index in [9.17, 15) is 13.2 Å². The number of hydrogen-bond acceptors (Lipinski definition) is 4. The summed E-state index contributed by atoms with van der Waals surface area (Å²) < 4.78 is 23.5. The van der Waals surface area contributed by atoms with Gasteiger partial charge >= 0.3 is 0 Å². The molecule has 0 aliphatic carbocycles. The van der Waals surface area contributed by atoms with Gasteiger partial charge in [0.15, 0.2) is 9.84 Å². The molecule has 1 fully saturated rings. The Morgan fingerprint density at radius 3 is 2.42 bits per heavy atom. The van der Waals surface area contributed by atoms with E-state index in [4.69, 9.17) is 5.73 Å². The molecule has 3 atom stereocenters. The molecule has 0 aromatic carbocycles. The fourth-order valence-electron chi connectivity index (χ4n) is 2.41. The predicted octanol–water partition coefficient (Wildman–Crippen LogP) is 0.960. The highest BCUT2D eigenvalue weighted by atomic mass is 35.5. The van der Waals surface area contributed by atoms with Crippen molar-refractivity contribution in [2.75, 3.05) is 12.3 Å². The fourth-order valence-corrected chi connectivity index (χ4v) is 3.98. The third kappa shape index (κ3) is 3.83. The SMILES string of the molecule is CCCC(C)(N)C(=O)N1CCS(=O)(=O)C(C)C1C.Cl. The van der Waals surface area contributed by atoms with Crippen LogP contribution in [0.3, 0.4) is 0 Å². The van der Waals surface area contributed by atoms with Crippen LogP contribution in [0.4, 0.5) is 0 Å². The number of sulfone groups is 1. The molecule has 0 aromatic rings. The van der Waals surface area contributed by atoms with E-state index in [1.54, 1.807) is 25.7 Å². The average molecular weight is 313 g/mol. The van der Waals surface area contributed by atoms with Gasteiger partial charge in [-0.25, -0.2) is 8.42 Å². The van der Waals surface area contributed by atoms with Crippen LogP contribution in [-0.4, -0.2) is 48.4 Å². The quantitative estimate of drug-likeness (QED) is 0.841. The molecule has 0 saturated carbocycles.